The second kappa shape index (κ2) is 8.90. The SMILES string of the molecule is Cc1ccc(NC(=O)C2(CC(=O)NC3CC3)CCCC2)cc1S(=O)(=O)N1CCCCC1. The number of sulfonamides is 1. The van der Waals surface area contributed by atoms with Crippen LogP contribution in [0.4, 0.5) is 5.69 Å². The number of rotatable bonds is 7. The maximum Gasteiger partial charge on any atom is 0.243 e. The van der Waals surface area contributed by atoms with Crippen LogP contribution in [-0.2, 0) is 19.6 Å². The number of nitrogens with zero attached hydrogens (tertiary/aromatic N) is 1. The van der Waals surface area contributed by atoms with Gasteiger partial charge in [-0.25, -0.2) is 8.42 Å². The van der Waals surface area contributed by atoms with Crippen LogP contribution < -0.4 is 10.6 Å². The molecule has 1 heterocycles. The standard InChI is InChI=1S/C23H33N3O4S/c1-17-7-8-19(15-20(17)31(29,30)26-13-5-2-6-14-26)25-22(28)23(11-3-4-12-23)16-21(27)24-18-9-10-18/h7-8,15,18H,2-6,9-14,16H2,1H3,(H,24,27)(H,25,28). The molecule has 4 rings (SSSR count). The molecule has 0 unspecified atom stereocenters. The number of carbonyl (C=O) groups excluding carboxylic acids is 2. The first-order valence-corrected chi connectivity index (χ1v) is 13.0. The Kier molecular flexibility index (Phi) is 6.40. The van der Waals surface area contributed by atoms with Gasteiger partial charge >= 0.3 is 0 Å². The molecule has 0 radical (unpaired) electrons. The molecule has 170 valence electrons. The predicted molar refractivity (Wildman–Crippen MR) is 119 cm³/mol. The number of amides is 2. The number of hydrogen-bond acceptors (Lipinski definition) is 4. The van der Waals surface area contributed by atoms with E-state index in [-0.39, 0.29) is 29.2 Å². The van der Waals surface area contributed by atoms with E-state index in [1.165, 1.54) is 0 Å². The molecule has 1 saturated heterocycles. The maximum atomic E-state index is 13.3. The molecule has 7 nitrogen and oxygen atoms in total. The third kappa shape index (κ3) is 4.95. The molecule has 2 N–H and O–H groups in total. The second-order valence-electron chi connectivity index (χ2n) is 9.41. The van der Waals surface area contributed by atoms with Gasteiger partial charge < -0.3 is 10.6 Å². The topological polar surface area (TPSA) is 95.6 Å². The van der Waals surface area contributed by atoms with Gasteiger partial charge in [0.05, 0.1) is 10.3 Å². The Bertz CT molecular complexity index is 944. The summed E-state index contributed by atoms with van der Waals surface area (Å²) in [5, 5.41) is 5.93. The van der Waals surface area contributed by atoms with Crippen molar-refractivity contribution in [3.63, 3.8) is 0 Å². The molecule has 2 aliphatic carbocycles. The van der Waals surface area contributed by atoms with Gasteiger partial charge in [0.1, 0.15) is 0 Å². The van der Waals surface area contributed by atoms with Crippen LogP contribution >= 0.6 is 0 Å². The smallest absolute Gasteiger partial charge is 0.243 e. The number of anilines is 1. The summed E-state index contributed by atoms with van der Waals surface area (Å²) in [5.74, 6) is -0.238. The van der Waals surface area contributed by atoms with Crippen molar-refractivity contribution in [1.29, 1.82) is 0 Å². The number of benzene rings is 1. The summed E-state index contributed by atoms with van der Waals surface area (Å²) < 4.78 is 27.9. The highest BCUT2D eigenvalue weighted by atomic mass is 32.2. The summed E-state index contributed by atoms with van der Waals surface area (Å²) in [5.41, 5.74) is 0.429. The van der Waals surface area contributed by atoms with Gasteiger partial charge in [0.2, 0.25) is 21.8 Å². The zero-order chi connectivity index (χ0) is 22.1. The van der Waals surface area contributed by atoms with Crippen molar-refractivity contribution >= 4 is 27.5 Å². The summed E-state index contributed by atoms with van der Waals surface area (Å²) in [7, 11) is -3.59. The van der Waals surface area contributed by atoms with Gasteiger partial charge in [0, 0.05) is 31.2 Å². The Balaban J connectivity index is 1.52. The molecule has 0 atom stereocenters. The molecule has 0 spiro atoms. The van der Waals surface area contributed by atoms with Crippen LogP contribution in [0.25, 0.3) is 0 Å². The number of piperidine rings is 1. The highest BCUT2D eigenvalue weighted by molar-refractivity contribution is 7.89. The molecule has 1 aliphatic heterocycles. The molecule has 0 aromatic heterocycles. The lowest BCUT2D eigenvalue weighted by Gasteiger charge is -2.28. The molecule has 31 heavy (non-hydrogen) atoms. The van der Waals surface area contributed by atoms with Gasteiger partial charge in [-0.2, -0.15) is 4.31 Å². The van der Waals surface area contributed by atoms with Crippen molar-refractivity contribution in [2.24, 2.45) is 5.41 Å². The average molecular weight is 448 g/mol. The molecule has 3 fully saturated rings. The van der Waals surface area contributed by atoms with E-state index in [0.717, 1.165) is 44.9 Å². The minimum atomic E-state index is -3.59. The molecular formula is C23H33N3O4S. The van der Waals surface area contributed by atoms with Crippen LogP contribution in [0.3, 0.4) is 0 Å². The molecule has 1 aromatic carbocycles. The molecular weight excluding hydrogens is 414 g/mol. The Morgan fingerprint density at radius 3 is 2.39 bits per heavy atom. The van der Waals surface area contributed by atoms with Crippen LogP contribution in [0, 0.1) is 12.3 Å². The maximum absolute atomic E-state index is 13.3. The van der Waals surface area contributed by atoms with Gasteiger partial charge in [-0.1, -0.05) is 25.3 Å². The van der Waals surface area contributed by atoms with E-state index in [0.29, 0.717) is 37.2 Å². The third-order valence-electron chi connectivity index (χ3n) is 6.86. The number of carbonyl (C=O) groups is 2. The van der Waals surface area contributed by atoms with Crippen molar-refractivity contribution < 1.29 is 18.0 Å². The van der Waals surface area contributed by atoms with Gasteiger partial charge in [0.15, 0.2) is 0 Å². The lowest BCUT2D eigenvalue weighted by Crippen LogP contribution is -2.39. The lowest BCUT2D eigenvalue weighted by molar-refractivity contribution is -0.132. The number of nitrogens with one attached hydrogen (secondary N) is 2. The van der Waals surface area contributed by atoms with Gasteiger partial charge in [0.25, 0.3) is 0 Å². The highest BCUT2D eigenvalue weighted by Gasteiger charge is 2.43. The first kappa shape index (κ1) is 22.3. The first-order chi connectivity index (χ1) is 14.8. The van der Waals surface area contributed by atoms with Gasteiger partial charge in [-0.05, 0) is 63.1 Å². The fraction of sp³-hybridized carbons (Fsp3) is 0.652. The van der Waals surface area contributed by atoms with E-state index in [1.807, 2.05) is 0 Å². The van der Waals surface area contributed by atoms with Crippen LogP contribution in [0.15, 0.2) is 23.1 Å². The zero-order valence-corrected chi connectivity index (χ0v) is 19.1. The Morgan fingerprint density at radius 1 is 1.06 bits per heavy atom. The summed E-state index contributed by atoms with van der Waals surface area (Å²) >= 11 is 0. The molecule has 2 saturated carbocycles. The summed E-state index contributed by atoms with van der Waals surface area (Å²) in [6.07, 6.45) is 8.24. The molecule has 0 bridgehead atoms. The quantitative estimate of drug-likeness (QED) is 0.670. The molecule has 2 amide bonds. The second-order valence-corrected chi connectivity index (χ2v) is 11.3. The van der Waals surface area contributed by atoms with E-state index < -0.39 is 15.4 Å². The third-order valence-corrected chi connectivity index (χ3v) is 8.90. The molecule has 3 aliphatic rings. The van der Waals surface area contributed by atoms with Crippen LogP contribution in [0.1, 0.15) is 69.8 Å². The van der Waals surface area contributed by atoms with E-state index in [9.17, 15) is 18.0 Å². The summed E-state index contributed by atoms with van der Waals surface area (Å²) in [6.45, 7) is 2.86. The van der Waals surface area contributed by atoms with Crippen molar-refractivity contribution in [3.05, 3.63) is 23.8 Å². The Hall–Kier alpha value is -1.93. The number of aryl methyl sites for hydroxylation is 1. The Labute approximate surface area is 185 Å². The zero-order valence-electron chi connectivity index (χ0n) is 18.3. The fourth-order valence-electron chi connectivity index (χ4n) is 4.81. The van der Waals surface area contributed by atoms with E-state index in [4.69, 9.17) is 0 Å². The van der Waals surface area contributed by atoms with E-state index >= 15 is 0 Å². The highest BCUT2D eigenvalue weighted by Crippen LogP contribution is 2.42. The minimum Gasteiger partial charge on any atom is -0.353 e. The van der Waals surface area contributed by atoms with Crippen molar-refractivity contribution in [1.82, 2.24) is 9.62 Å². The van der Waals surface area contributed by atoms with E-state index in [2.05, 4.69) is 10.6 Å². The van der Waals surface area contributed by atoms with Crippen LogP contribution in [0.5, 0.6) is 0 Å². The fourth-order valence-corrected chi connectivity index (χ4v) is 6.58. The minimum absolute atomic E-state index is 0.0585. The number of hydrogen-bond donors (Lipinski definition) is 2. The Morgan fingerprint density at radius 2 is 1.74 bits per heavy atom. The van der Waals surface area contributed by atoms with Crippen molar-refractivity contribution in [2.75, 3.05) is 18.4 Å². The average Bonchev–Trinajstić information content (AvgIpc) is 3.43. The predicted octanol–water partition coefficient (Wildman–Crippen LogP) is 3.34. The summed E-state index contributed by atoms with van der Waals surface area (Å²) in [4.78, 5) is 26.0. The van der Waals surface area contributed by atoms with Crippen LogP contribution in [-0.4, -0.2) is 43.7 Å². The first-order valence-electron chi connectivity index (χ1n) is 11.5. The lowest BCUT2D eigenvalue weighted by atomic mass is 9.81. The molecule has 1 aromatic rings. The largest absolute Gasteiger partial charge is 0.353 e. The summed E-state index contributed by atoms with van der Waals surface area (Å²) in [6, 6.07) is 5.33. The molecule has 8 heteroatoms. The van der Waals surface area contributed by atoms with Gasteiger partial charge in [-0.3, -0.25) is 9.59 Å². The monoisotopic (exact) mass is 447 g/mol. The van der Waals surface area contributed by atoms with Crippen molar-refractivity contribution in [3.8, 4) is 0 Å². The normalized spacial score (nSPS) is 21.6. The van der Waals surface area contributed by atoms with Crippen LogP contribution in [0.2, 0.25) is 0 Å². The van der Waals surface area contributed by atoms with Crippen molar-refractivity contribution in [2.45, 2.75) is 82.1 Å². The van der Waals surface area contributed by atoms with E-state index in [1.54, 1.807) is 29.4 Å². The van der Waals surface area contributed by atoms with Gasteiger partial charge in [-0.15, -0.1) is 0 Å².